The van der Waals surface area contributed by atoms with Gasteiger partial charge in [-0.2, -0.15) is 0 Å². The second-order valence-corrected chi connectivity index (χ2v) is 4.13. The Morgan fingerprint density at radius 1 is 1.38 bits per heavy atom. The molecular formula is C10H19NO2. The molecule has 0 amide bonds. The minimum atomic E-state index is 0.143. The zero-order chi connectivity index (χ0) is 9.15. The van der Waals surface area contributed by atoms with Gasteiger partial charge in [-0.25, -0.2) is 0 Å². The third-order valence-corrected chi connectivity index (χ3v) is 3.30. The van der Waals surface area contributed by atoms with E-state index < -0.39 is 0 Å². The Bertz CT molecular complexity index is 161. The molecule has 0 aromatic carbocycles. The number of ether oxygens (including phenoxy) is 2. The van der Waals surface area contributed by atoms with E-state index in [1.807, 2.05) is 7.11 Å². The van der Waals surface area contributed by atoms with E-state index in [4.69, 9.17) is 9.47 Å². The topological polar surface area (TPSA) is 30.5 Å². The molecule has 2 aliphatic rings. The van der Waals surface area contributed by atoms with Crippen LogP contribution in [0.1, 0.15) is 25.7 Å². The van der Waals surface area contributed by atoms with Crippen LogP contribution in [0.5, 0.6) is 0 Å². The zero-order valence-corrected chi connectivity index (χ0v) is 8.34. The Hall–Kier alpha value is -0.120. The van der Waals surface area contributed by atoms with Crippen molar-refractivity contribution in [2.75, 3.05) is 26.8 Å². The van der Waals surface area contributed by atoms with Gasteiger partial charge in [-0.1, -0.05) is 0 Å². The van der Waals surface area contributed by atoms with E-state index in [-0.39, 0.29) is 5.60 Å². The minimum absolute atomic E-state index is 0.143. The summed E-state index contributed by atoms with van der Waals surface area (Å²) < 4.78 is 11.3. The van der Waals surface area contributed by atoms with Crippen LogP contribution in [0, 0.1) is 0 Å². The summed E-state index contributed by atoms with van der Waals surface area (Å²) in [5, 5.41) is 3.37. The maximum atomic E-state index is 5.92. The molecule has 0 saturated carbocycles. The fraction of sp³-hybridized carbons (Fsp3) is 1.00. The van der Waals surface area contributed by atoms with Gasteiger partial charge in [0.2, 0.25) is 0 Å². The van der Waals surface area contributed by atoms with Crippen LogP contribution in [-0.4, -0.2) is 38.5 Å². The molecule has 0 aliphatic carbocycles. The molecule has 0 aromatic heterocycles. The van der Waals surface area contributed by atoms with Gasteiger partial charge in [-0.3, -0.25) is 0 Å². The number of hydrogen-bond donors (Lipinski definition) is 1. The van der Waals surface area contributed by atoms with Crippen molar-refractivity contribution in [3.63, 3.8) is 0 Å². The van der Waals surface area contributed by atoms with Gasteiger partial charge >= 0.3 is 0 Å². The molecule has 13 heavy (non-hydrogen) atoms. The van der Waals surface area contributed by atoms with Crippen molar-refractivity contribution in [1.82, 2.24) is 5.32 Å². The second kappa shape index (κ2) is 3.95. The van der Waals surface area contributed by atoms with E-state index in [2.05, 4.69) is 5.32 Å². The first-order valence-electron chi connectivity index (χ1n) is 5.22. The lowest BCUT2D eigenvalue weighted by molar-refractivity contribution is -0.138. The molecule has 2 saturated heterocycles. The molecule has 2 aliphatic heterocycles. The highest BCUT2D eigenvalue weighted by Crippen LogP contribution is 2.33. The van der Waals surface area contributed by atoms with Crippen LogP contribution in [0.15, 0.2) is 0 Å². The highest BCUT2D eigenvalue weighted by molar-refractivity contribution is 4.91. The fourth-order valence-electron chi connectivity index (χ4n) is 2.41. The first kappa shape index (κ1) is 9.44. The molecule has 2 fully saturated rings. The summed E-state index contributed by atoms with van der Waals surface area (Å²) in [6.45, 7) is 3.06. The van der Waals surface area contributed by atoms with Gasteiger partial charge in [0.05, 0.1) is 11.7 Å². The number of methoxy groups -OCH3 is 1. The van der Waals surface area contributed by atoms with Crippen LogP contribution in [0.4, 0.5) is 0 Å². The van der Waals surface area contributed by atoms with Crippen molar-refractivity contribution >= 4 is 0 Å². The number of rotatable bonds is 1. The maximum Gasteiger partial charge on any atom is 0.0731 e. The maximum absolute atomic E-state index is 5.92. The summed E-state index contributed by atoms with van der Waals surface area (Å²) in [6, 6.07) is 0. The van der Waals surface area contributed by atoms with Crippen LogP contribution >= 0.6 is 0 Å². The van der Waals surface area contributed by atoms with Gasteiger partial charge in [0, 0.05) is 20.1 Å². The van der Waals surface area contributed by atoms with Gasteiger partial charge < -0.3 is 14.8 Å². The van der Waals surface area contributed by atoms with Crippen molar-refractivity contribution in [3.05, 3.63) is 0 Å². The fourth-order valence-corrected chi connectivity index (χ4v) is 2.41. The molecule has 0 bridgehead atoms. The number of piperidine rings is 1. The average molecular weight is 185 g/mol. The molecule has 1 spiro atoms. The number of hydrogen-bond acceptors (Lipinski definition) is 3. The second-order valence-electron chi connectivity index (χ2n) is 4.13. The minimum Gasteiger partial charge on any atom is -0.381 e. The van der Waals surface area contributed by atoms with Gasteiger partial charge in [0.1, 0.15) is 0 Å². The van der Waals surface area contributed by atoms with E-state index in [0.717, 1.165) is 45.4 Å². The van der Waals surface area contributed by atoms with Gasteiger partial charge in [-0.15, -0.1) is 0 Å². The third-order valence-electron chi connectivity index (χ3n) is 3.30. The molecule has 3 nitrogen and oxygen atoms in total. The molecule has 1 N–H and O–H groups in total. The molecule has 0 unspecified atom stereocenters. The summed E-state index contributed by atoms with van der Waals surface area (Å²) in [5.74, 6) is 0. The highest BCUT2D eigenvalue weighted by Gasteiger charge is 2.38. The standard InChI is InChI=1S/C10H19NO2/c1-12-9-2-7-13-10(8-9)3-5-11-6-4-10/h9,11H,2-8H2,1H3/t9-/m1/s1. The van der Waals surface area contributed by atoms with Crippen molar-refractivity contribution in [2.24, 2.45) is 0 Å². The average Bonchev–Trinajstić information content (AvgIpc) is 2.19. The first-order chi connectivity index (χ1) is 6.35. The van der Waals surface area contributed by atoms with E-state index in [1.54, 1.807) is 0 Å². The zero-order valence-electron chi connectivity index (χ0n) is 8.34. The monoisotopic (exact) mass is 185 g/mol. The molecule has 0 aromatic rings. The summed E-state index contributed by atoms with van der Waals surface area (Å²) >= 11 is 0. The van der Waals surface area contributed by atoms with Crippen LogP contribution in [0.3, 0.4) is 0 Å². The third kappa shape index (κ3) is 2.03. The summed E-state index contributed by atoms with van der Waals surface area (Å²) in [5.41, 5.74) is 0.143. The highest BCUT2D eigenvalue weighted by atomic mass is 16.5. The smallest absolute Gasteiger partial charge is 0.0731 e. The molecule has 0 radical (unpaired) electrons. The summed E-state index contributed by atoms with van der Waals surface area (Å²) in [6.07, 6.45) is 4.86. The SMILES string of the molecule is CO[C@@H]1CCOC2(CCNCC2)C1. The van der Waals surface area contributed by atoms with Gasteiger partial charge in [0.15, 0.2) is 0 Å². The van der Waals surface area contributed by atoms with E-state index >= 15 is 0 Å². The lowest BCUT2D eigenvalue weighted by Gasteiger charge is -2.43. The predicted molar refractivity (Wildman–Crippen MR) is 50.8 cm³/mol. The Kier molecular flexibility index (Phi) is 2.86. The van der Waals surface area contributed by atoms with Crippen molar-refractivity contribution in [3.8, 4) is 0 Å². The van der Waals surface area contributed by atoms with E-state index in [0.29, 0.717) is 6.10 Å². The van der Waals surface area contributed by atoms with Crippen molar-refractivity contribution in [2.45, 2.75) is 37.4 Å². The molecule has 2 heterocycles. The molecule has 1 atom stereocenters. The quantitative estimate of drug-likeness (QED) is 0.659. The van der Waals surface area contributed by atoms with E-state index in [9.17, 15) is 0 Å². The van der Waals surface area contributed by atoms with Crippen LogP contribution in [0.2, 0.25) is 0 Å². The molecule has 3 heteroatoms. The Morgan fingerprint density at radius 3 is 2.85 bits per heavy atom. The Labute approximate surface area is 79.8 Å². The predicted octanol–water partition coefficient (Wildman–Crippen LogP) is 0.934. The van der Waals surface area contributed by atoms with Crippen molar-refractivity contribution < 1.29 is 9.47 Å². The normalized spacial score (nSPS) is 33.5. The van der Waals surface area contributed by atoms with Gasteiger partial charge in [-0.05, 0) is 32.4 Å². The van der Waals surface area contributed by atoms with Crippen LogP contribution in [0.25, 0.3) is 0 Å². The molecule has 2 rings (SSSR count). The van der Waals surface area contributed by atoms with Crippen LogP contribution in [-0.2, 0) is 9.47 Å². The Balaban J connectivity index is 1.95. The van der Waals surface area contributed by atoms with Crippen molar-refractivity contribution in [1.29, 1.82) is 0 Å². The van der Waals surface area contributed by atoms with E-state index in [1.165, 1.54) is 0 Å². The lowest BCUT2D eigenvalue weighted by Crippen LogP contribution is -2.49. The molecule has 76 valence electrons. The summed E-state index contributed by atoms with van der Waals surface area (Å²) in [4.78, 5) is 0. The first-order valence-corrected chi connectivity index (χ1v) is 5.22. The lowest BCUT2D eigenvalue weighted by atomic mass is 9.84. The van der Waals surface area contributed by atoms with Crippen LogP contribution < -0.4 is 5.32 Å². The number of nitrogens with one attached hydrogen (secondary N) is 1. The summed E-state index contributed by atoms with van der Waals surface area (Å²) in [7, 11) is 1.81. The van der Waals surface area contributed by atoms with Gasteiger partial charge in [0.25, 0.3) is 0 Å². The Morgan fingerprint density at radius 2 is 2.15 bits per heavy atom. The largest absolute Gasteiger partial charge is 0.381 e. The molecular weight excluding hydrogens is 166 g/mol.